The molecule has 1 fully saturated rings. The molecule has 0 aliphatic heterocycles. The molecule has 2 aromatic heterocycles. The quantitative estimate of drug-likeness (QED) is 0.535. The number of nitrogens with zero attached hydrogens (tertiary/aromatic N) is 2. The molecule has 4 aromatic rings. The van der Waals surface area contributed by atoms with Crippen LogP contribution in [-0.4, -0.2) is 14.8 Å². The first-order chi connectivity index (χ1) is 14.1. The highest BCUT2D eigenvalue weighted by molar-refractivity contribution is 7.08. The predicted molar refractivity (Wildman–Crippen MR) is 117 cm³/mol. The van der Waals surface area contributed by atoms with Gasteiger partial charge in [-0.2, -0.15) is 4.37 Å². The van der Waals surface area contributed by atoms with Gasteiger partial charge in [-0.15, -0.1) is 0 Å². The molecule has 5 nitrogen and oxygen atoms in total. The van der Waals surface area contributed by atoms with Gasteiger partial charge in [0, 0.05) is 35.4 Å². The summed E-state index contributed by atoms with van der Waals surface area (Å²) in [5.41, 5.74) is 3.66. The first kappa shape index (κ1) is 17.8. The van der Waals surface area contributed by atoms with Crippen molar-refractivity contribution < 1.29 is 4.79 Å². The second-order valence-electron chi connectivity index (χ2n) is 7.40. The molecule has 6 heteroatoms. The average Bonchev–Trinajstić information content (AvgIpc) is 3.49. The van der Waals surface area contributed by atoms with Crippen molar-refractivity contribution in [1.29, 1.82) is 0 Å². The van der Waals surface area contributed by atoms with Gasteiger partial charge >= 0.3 is 0 Å². The summed E-state index contributed by atoms with van der Waals surface area (Å²) in [7, 11) is 1.73. The fourth-order valence-corrected chi connectivity index (χ4v) is 4.51. The van der Waals surface area contributed by atoms with E-state index in [9.17, 15) is 9.59 Å². The molecule has 0 bridgehead atoms. The van der Waals surface area contributed by atoms with Crippen LogP contribution in [-0.2, 0) is 7.05 Å². The van der Waals surface area contributed by atoms with E-state index in [-0.39, 0.29) is 11.5 Å². The van der Waals surface area contributed by atoms with Gasteiger partial charge in [-0.3, -0.25) is 9.59 Å². The number of aromatic nitrogens is 2. The van der Waals surface area contributed by atoms with E-state index in [1.54, 1.807) is 29.9 Å². The van der Waals surface area contributed by atoms with Crippen molar-refractivity contribution in [3.63, 3.8) is 0 Å². The molecule has 5 rings (SSSR count). The van der Waals surface area contributed by atoms with Crippen LogP contribution in [0.1, 0.15) is 34.0 Å². The van der Waals surface area contributed by atoms with E-state index < -0.39 is 0 Å². The maximum Gasteiger partial charge on any atom is 0.267 e. The lowest BCUT2D eigenvalue weighted by atomic mass is 10.0. The Hall–Kier alpha value is -3.25. The molecule has 29 heavy (non-hydrogen) atoms. The molecule has 144 valence electrons. The fraction of sp³-hybridized carbons (Fsp3) is 0.174. The van der Waals surface area contributed by atoms with Crippen LogP contribution in [0.25, 0.3) is 22.0 Å². The number of hydrogen-bond donors (Lipinski definition) is 1. The highest BCUT2D eigenvalue weighted by atomic mass is 32.1. The number of fused-ring (bicyclic) bond motifs is 1. The number of rotatable bonds is 4. The van der Waals surface area contributed by atoms with Gasteiger partial charge in [-0.05, 0) is 59.9 Å². The molecule has 0 atom stereocenters. The molecule has 1 aliphatic rings. The molecule has 0 unspecified atom stereocenters. The van der Waals surface area contributed by atoms with E-state index in [0.717, 1.165) is 35.0 Å². The minimum atomic E-state index is -0.144. The van der Waals surface area contributed by atoms with Crippen LogP contribution in [0.4, 0.5) is 5.69 Å². The summed E-state index contributed by atoms with van der Waals surface area (Å²) < 4.78 is 6.16. The Bertz CT molecular complexity index is 1290. The Morgan fingerprint density at radius 1 is 1.14 bits per heavy atom. The third-order valence-electron chi connectivity index (χ3n) is 5.30. The Kier molecular flexibility index (Phi) is 4.28. The highest BCUT2D eigenvalue weighted by Crippen LogP contribution is 2.47. The molecular weight excluding hydrogens is 382 g/mol. The number of amides is 1. The number of carbonyl (C=O) groups is 1. The molecule has 1 aliphatic carbocycles. The lowest BCUT2D eigenvalue weighted by molar-refractivity contribution is 0.103. The average molecular weight is 401 g/mol. The molecule has 1 saturated carbocycles. The van der Waals surface area contributed by atoms with Crippen LogP contribution in [0.15, 0.2) is 65.6 Å². The SMILES string of the molecule is Cn1ccc2cc(NC(=O)c3snc(-c4ccccc4)c3C3CC3)ccc2c1=O. The van der Waals surface area contributed by atoms with Crippen molar-refractivity contribution in [1.82, 2.24) is 8.94 Å². The minimum absolute atomic E-state index is 0.0497. The Morgan fingerprint density at radius 3 is 2.69 bits per heavy atom. The summed E-state index contributed by atoms with van der Waals surface area (Å²) in [6.45, 7) is 0. The largest absolute Gasteiger partial charge is 0.321 e. The smallest absolute Gasteiger partial charge is 0.267 e. The normalized spacial score (nSPS) is 13.6. The number of anilines is 1. The van der Waals surface area contributed by atoms with E-state index in [2.05, 4.69) is 9.69 Å². The summed E-state index contributed by atoms with van der Waals surface area (Å²) in [5.74, 6) is 0.263. The van der Waals surface area contributed by atoms with Gasteiger partial charge in [0.1, 0.15) is 4.88 Å². The second kappa shape index (κ2) is 6.97. The predicted octanol–water partition coefficient (Wildman–Crippen LogP) is 4.79. The molecule has 1 amide bonds. The number of hydrogen-bond acceptors (Lipinski definition) is 4. The van der Waals surface area contributed by atoms with Gasteiger partial charge in [-0.1, -0.05) is 30.3 Å². The monoisotopic (exact) mass is 401 g/mol. The summed E-state index contributed by atoms with van der Waals surface area (Å²) in [5, 5.41) is 4.44. The zero-order chi connectivity index (χ0) is 20.0. The number of aryl methyl sites for hydroxylation is 1. The van der Waals surface area contributed by atoms with Gasteiger partial charge in [-0.25, -0.2) is 0 Å². The van der Waals surface area contributed by atoms with E-state index in [1.807, 2.05) is 42.5 Å². The van der Waals surface area contributed by atoms with Crippen LogP contribution in [0, 0.1) is 0 Å². The van der Waals surface area contributed by atoms with Crippen molar-refractivity contribution >= 4 is 33.9 Å². The van der Waals surface area contributed by atoms with Crippen molar-refractivity contribution in [3.05, 3.63) is 81.6 Å². The maximum absolute atomic E-state index is 13.1. The Balaban J connectivity index is 1.49. The van der Waals surface area contributed by atoms with E-state index >= 15 is 0 Å². The van der Waals surface area contributed by atoms with Gasteiger partial charge in [0.2, 0.25) is 0 Å². The Labute approximate surface area is 171 Å². The van der Waals surface area contributed by atoms with Crippen molar-refractivity contribution in [3.8, 4) is 11.3 Å². The number of benzene rings is 2. The van der Waals surface area contributed by atoms with Crippen LogP contribution >= 0.6 is 11.5 Å². The van der Waals surface area contributed by atoms with Gasteiger partial charge < -0.3 is 9.88 Å². The molecular formula is C23H19N3O2S. The van der Waals surface area contributed by atoms with Crippen molar-refractivity contribution in [2.75, 3.05) is 5.32 Å². The van der Waals surface area contributed by atoms with Crippen molar-refractivity contribution in [2.45, 2.75) is 18.8 Å². The van der Waals surface area contributed by atoms with Gasteiger partial charge in [0.25, 0.3) is 11.5 Å². The molecule has 0 saturated heterocycles. The second-order valence-corrected chi connectivity index (χ2v) is 8.18. The van der Waals surface area contributed by atoms with E-state index in [1.165, 1.54) is 11.5 Å². The summed E-state index contributed by atoms with van der Waals surface area (Å²) >= 11 is 1.26. The molecule has 2 aromatic carbocycles. The number of pyridine rings is 1. The standard InChI is InChI=1S/C23H19N3O2S/c1-26-12-11-16-13-17(9-10-18(16)23(26)28)24-22(27)21-19(14-7-8-14)20(25-29-21)15-5-3-2-4-6-15/h2-6,9-14H,7-8H2,1H3,(H,24,27). The number of nitrogens with one attached hydrogen (secondary N) is 1. The molecule has 0 spiro atoms. The maximum atomic E-state index is 13.1. The fourth-order valence-electron chi connectivity index (χ4n) is 3.63. The van der Waals surface area contributed by atoms with Gasteiger partial charge in [0.15, 0.2) is 0 Å². The zero-order valence-electron chi connectivity index (χ0n) is 15.9. The van der Waals surface area contributed by atoms with Crippen LogP contribution in [0.3, 0.4) is 0 Å². The highest BCUT2D eigenvalue weighted by Gasteiger charge is 2.33. The van der Waals surface area contributed by atoms with Crippen molar-refractivity contribution in [2.24, 2.45) is 7.05 Å². The topological polar surface area (TPSA) is 64.0 Å². The number of carbonyl (C=O) groups excluding carboxylic acids is 1. The molecule has 2 heterocycles. The lowest BCUT2D eigenvalue weighted by Gasteiger charge is -2.08. The Morgan fingerprint density at radius 2 is 1.93 bits per heavy atom. The first-order valence-electron chi connectivity index (χ1n) is 9.57. The summed E-state index contributed by atoms with van der Waals surface area (Å²) in [6, 6.07) is 17.3. The zero-order valence-corrected chi connectivity index (χ0v) is 16.7. The van der Waals surface area contributed by atoms with Crippen LogP contribution < -0.4 is 10.9 Å². The molecule has 0 radical (unpaired) electrons. The van der Waals surface area contributed by atoms with E-state index in [0.29, 0.717) is 21.9 Å². The third kappa shape index (κ3) is 3.25. The van der Waals surface area contributed by atoms with Gasteiger partial charge in [0.05, 0.1) is 5.69 Å². The third-order valence-corrected chi connectivity index (χ3v) is 6.17. The van der Waals surface area contributed by atoms with Crippen LogP contribution in [0.5, 0.6) is 0 Å². The first-order valence-corrected chi connectivity index (χ1v) is 10.3. The lowest BCUT2D eigenvalue weighted by Crippen LogP contribution is -2.16. The minimum Gasteiger partial charge on any atom is -0.321 e. The summed E-state index contributed by atoms with van der Waals surface area (Å²) in [4.78, 5) is 26.0. The van der Waals surface area contributed by atoms with Crippen LogP contribution in [0.2, 0.25) is 0 Å². The van der Waals surface area contributed by atoms with E-state index in [4.69, 9.17) is 0 Å². The molecule has 1 N–H and O–H groups in total. The summed E-state index contributed by atoms with van der Waals surface area (Å²) in [6.07, 6.45) is 3.92.